The Kier molecular flexibility index (Phi) is 10.9. The molecule has 7 nitrogen and oxygen atoms in total. The maximum absolute atomic E-state index is 12.0. The Morgan fingerprint density at radius 2 is 2.00 bits per heavy atom. The van der Waals surface area contributed by atoms with E-state index in [2.05, 4.69) is 20.4 Å². The number of carbonyl (C=O) groups excluding carboxylic acids is 1. The Morgan fingerprint density at radius 3 is 2.70 bits per heavy atom. The van der Waals surface area contributed by atoms with Gasteiger partial charge in [0.2, 0.25) is 5.91 Å². The van der Waals surface area contributed by atoms with Crippen LogP contribution in [0.5, 0.6) is 0 Å². The highest BCUT2D eigenvalue weighted by Gasteiger charge is 2.09. The summed E-state index contributed by atoms with van der Waals surface area (Å²) in [6.07, 6.45) is 9.10. The van der Waals surface area contributed by atoms with Crippen molar-refractivity contribution in [1.29, 1.82) is 0 Å². The zero-order chi connectivity index (χ0) is 14.9. The molecule has 23 heavy (non-hydrogen) atoms. The lowest BCUT2D eigenvalue weighted by Gasteiger charge is -2.09. The maximum Gasteiger partial charge on any atom is 0.224 e. The van der Waals surface area contributed by atoms with Gasteiger partial charge in [-0.1, -0.05) is 12.8 Å². The van der Waals surface area contributed by atoms with E-state index in [9.17, 15) is 4.79 Å². The molecule has 0 atom stereocenters. The van der Waals surface area contributed by atoms with Crippen LogP contribution in [0.2, 0.25) is 0 Å². The molecule has 3 N–H and O–H groups in total. The topological polar surface area (TPSA) is 98.7 Å². The number of hydrogen-bond acceptors (Lipinski definition) is 5. The molecule has 0 aliphatic rings. The van der Waals surface area contributed by atoms with Crippen molar-refractivity contribution in [3.05, 3.63) is 31.0 Å². The van der Waals surface area contributed by atoms with Gasteiger partial charge in [0.1, 0.15) is 12.7 Å². The first-order valence-corrected chi connectivity index (χ1v) is 7.11. The highest BCUT2D eigenvalue weighted by Crippen LogP contribution is 2.16. The number of nitrogens with two attached hydrogens (primary N) is 1. The Hall–Kier alpha value is -1.70. The van der Waals surface area contributed by atoms with Gasteiger partial charge in [-0.2, -0.15) is 5.10 Å². The molecule has 2 rings (SSSR count). The van der Waals surface area contributed by atoms with Crippen LogP contribution in [-0.4, -0.2) is 32.2 Å². The molecular weight excluding hydrogens is 339 g/mol. The fourth-order valence-electron chi connectivity index (χ4n) is 1.99. The first-order chi connectivity index (χ1) is 10.3. The number of nitrogens with one attached hydrogen (secondary N) is 1. The molecular formula is C14H22Cl2N6O. The van der Waals surface area contributed by atoms with Crippen molar-refractivity contribution in [2.75, 3.05) is 11.9 Å². The molecule has 0 fully saturated rings. The van der Waals surface area contributed by atoms with E-state index in [0.29, 0.717) is 24.5 Å². The first kappa shape index (κ1) is 21.3. The molecule has 0 saturated heterocycles. The molecule has 0 unspecified atom stereocenters. The van der Waals surface area contributed by atoms with Crippen LogP contribution >= 0.6 is 24.8 Å². The number of amides is 1. The number of nitrogens with zero attached hydrogens (tertiary/aromatic N) is 4. The maximum atomic E-state index is 12.0. The van der Waals surface area contributed by atoms with Gasteiger partial charge in [0.25, 0.3) is 0 Å². The molecule has 0 radical (unpaired) electrons. The Bertz CT molecular complexity index is 564. The second-order valence-corrected chi connectivity index (χ2v) is 4.72. The molecule has 0 aliphatic heterocycles. The lowest BCUT2D eigenvalue weighted by atomic mass is 10.1. The fraction of sp³-hybridized carbons (Fsp3) is 0.429. The van der Waals surface area contributed by atoms with E-state index in [1.807, 2.05) is 0 Å². The summed E-state index contributed by atoms with van der Waals surface area (Å²) in [5.41, 5.74) is 6.07. The number of hydrogen-bond donors (Lipinski definition) is 2. The minimum Gasteiger partial charge on any atom is -0.330 e. The zero-order valence-electron chi connectivity index (χ0n) is 12.7. The number of pyridine rings is 1. The van der Waals surface area contributed by atoms with Crippen molar-refractivity contribution < 1.29 is 4.79 Å². The van der Waals surface area contributed by atoms with Crippen LogP contribution in [0.1, 0.15) is 32.1 Å². The van der Waals surface area contributed by atoms with Crippen LogP contribution < -0.4 is 11.1 Å². The molecule has 1 amide bonds. The van der Waals surface area contributed by atoms with Crippen molar-refractivity contribution in [2.24, 2.45) is 5.73 Å². The summed E-state index contributed by atoms with van der Waals surface area (Å²) in [4.78, 5) is 20.1. The molecule has 0 spiro atoms. The van der Waals surface area contributed by atoms with Gasteiger partial charge in [-0.3, -0.25) is 4.79 Å². The Labute approximate surface area is 147 Å². The molecule has 0 aliphatic carbocycles. The quantitative estimate of drug-likeness (QED) is 0.704. The Balaban J connectivity index is 0.00000242. The van der Waals surface area contributed by atoms with E-state index in [0.717, 1.165) is 25.7 Å². The molecule has 0 saturated carbocycles. The van der Waals surface area contributed by atoms with E-state index in [-0.39, 0.29) is 30.7 Å². The number of halogens is 2. The van der Waals surface area contributed by atoms with Gasteiger partial charge in [0, 0.05) is 12.6 Å². The lowest BCUT2D eigenvalue weighted by Crippen LogP contribution is -2.14. The van der Waals surface area contributed by atoms with Gasteiger partial charge < -0.3 is 11.1 Å². The predicted molar refractivity (Wildman–Crippen MR) is 94.4 cm³/mol. The number of aromatic nitrogens is 4. The highest BCUT2D eigenvalue weighted by atomic mass is 35.5. The van der Waals surface area contributed by atoms with Gasteiger partial charge in [-0.25, -0.2) is 14.6 Å². The third-order valence-electron chi connectivity index (χ3n) is 3.05. The summed E-state index contributed by atoms with van der Waals surface area (Å²) >= 11 is 0. The third-order valence-corrected chi connectivity index (χ3v) is 3.05. The minimum absolute atomic E-state index is 0. The Morgan fingerprint density at radius 1 is 1.22 bits per heavy atom. The molecule has 0 bridgehead atoms. The average molecular weight is 361 g/mol. The fourth-order valence-corrected chi connectivity index (χ4v) is 1.99. The van der Waals surface area contributed by atoms with E-state index in [1.54, 1.807) is 24.7 Å². The third kappa shape index (κ3) is 6.94. The summed E-state index contributed by atoms with van der Waals surface area (Å²) in [7, 11) is 0. The summed E-state index contributed by atoms with van der Waals surface area (Å²) in [6, 6.07) is 3.58. The van der Waals surface area contributed by atoms with Crippen molar-refractivity contribution in [3.63, 3.8) is 0 Å². The monoisotopic (exact) mass is 360 g/mol. The number of unbranched alkanes of at least 4 members (excludes halogenated alkanes) is 3. The van der Waals surface area contributed by atoms with Crippen LogP contribution in [0.15, 0.2) is 31.0 Å². The van der Waals surface area contributed by atoms with Crippen LogP contribution in [0, 0.1) is 0 Å². The predicted octanol–water partition coefficient (Wildman–Crippen LogP) is 2.35. The van der Waals surface area contributed by atoms with E-state index in [4.69, 9.17) is 5.73 Å². The zero-order valence-corrected chi connectivity index (χ0v) is 14.4. The van der Waals surface area contributed by atoms with Crippen LogP contribution in [0.25, 0.3) is 5.82 Å². The molecule has 9 heteroatoms. The minimum atomic E-state index is -0.0166. The van der Waals surface area contributed by atoms with Crippen LogP contribution in [-0.2, 0) is 4.79 Å². The van der Waals surface area contributed by atoms with E-state index < -0.39 is 0 Å². The van der Waals surface area contributed by atoms with Gasteiger partial charge in [0.15, 0.2) is 5.82 Å². The second-order valence-electron chi connectivity index (χ2n) is 4.72. The van der Waals surface area contributed by atoms with Gasteiger partial charge in [-0.05, 0) is 31.5 Å². The summed E-state index contributed by atoms with van der Waals surface area (Å²) in [5, 5.41) is 6.91. The summed E-state index contributed by atoms with van der Waals surface area (Å²) in [6.45, 7) is 0.711. The van der Waals surface area contributed by atoms with E-state index >= 15 is 0 Å². The molecule has 2 aromatic heterocycles. The van der Waals surface area contributed by atoms with Crippen molar-refractivity contribution in [3.8, 4) is 5.82 Å². The van der Waals surface area contributed by atoms with Gasteiger partial charge in [0.05, 0.1) is 5.69 Å². The largest absolute Gasteiger partial charge is 0.330 e. The molecule has 0 aromatic carbocycles. The van der Waals surface area contributed by atoms with E-state index in [1.165, 1.54) is 11.0 Å². The first-order valence-electron chi connectivity index (χ1n) is 7.11. The van der Waals surface area contributed by atoms with Crippen LogP contribution in [0.3, 0.4) is 0 Å². The summed E-state index contributed by atoms with van der Waals surface area (Å²) < 4.78 is 1.52. The van der Waals surface area contributed by atoms with Crippen molar-refractivity contribution in [1.82, 2.24) is 19.7 Å². The summed E-state index contributed by atoms with van der Waals surface area (Å²) in [5.74, 6) is 0.545. The normalized spacial score (nSPS) is 9.61. The standard InChI is InChI=1S/C14H20N6O.2ClH/c15-8-4-2-1-3-7-13(21)19-12-6-5-9-17-14(12)20-11-16-10-18-20;;/h5-6,9-11H,1-4,7-8,15H2,(H,19,21);2*1H. The van der Waals surface area contributed by atoms with Crippen LogP contribution in [0.4, 0.5) is 5.69 Å². The molecule has 2 aromatic rings. The van der Waals surface area contributed by atoms with Crippen molar-refractivity contribution >= 4 is 36.4 Å². The number of carbonyl (C=O) groups is 1. The van der Waals surface area contributed by atoms with Crippen molar-refractivity contribution in [2.45, 2.75) is 32.1 Å². The number of anilines is 1. The smallest absolute Gasteiger partial charge is 0.224 e. The highest BCUT2D eigenvalue weighted by molar-refractivity contribution is 5.92. The van der Waals surface area contributed by atoms with Gasteiger partial charge in [-0.15, -0.1) is 24.8 Å². The SMILES string of the molecule is Cl.Cl.NCCCCCCC(=O)Nc1cccnc1-n1cncn1. The van der Waals surface area contributed by atoms with Gasteiger partial charge >= 0.3 is 0 Å². The average Bonchev–Trinajstić information content (AvgIpc) is 3.02. The number of rotatable bonds is 8. The second kappa shape index (κ2) is 11.8. The molecule has 2 heterocycles. The molecule has 128 valence electrons. The lowest BCUT2D eigenvalue weighted by molar-refractivity contribution is -0.116.